The first kappa shape index (κ1) is 13.6. The summed E-state index contributed by atoms with van der Waals surface area (Å²) in [7, 11) is 2.21. The maximum atomic E-state index is 12.9. The lowest BCUT2D eigenvalue weighted by Gasteiger charge is -2.60. The Morgan fingerprint density at radius 3 is 3.04 bits per heavy atom. The third-order valence-corrected chi connectivity index (χ3v) is 7.13. The Bertz CT molecular complexity index is 795. The van der Waals surface area contributed by atoms with Gasteiger partial charge in [0.05, 0.1) is 11.0 Å². The first-order valence-corrected chi connectivity index (χ1v) is 8.52. The molecule has 2 aliphatic carbocycles. The zero-order valence-corrected chi connectivity index (χ0v) is 13.6. The van der Waals surface area contributed by atoms with Crippen molar-refractivity contribution in [1.82, 2.24) is 4.90 Å². The standard InChI is InChI=1S/C19H20N2O2/c1-18-15(22)6-5-13-14-9-11-3-4-12(10-20)17(23-18)16(11)19(13,18)7-8-21(14)2/h3-4,13-14H,5-9H2,1-2H3/t13-,14+,18?,19-/m0/s1. The second-order valence-electron chi connectivity index (χ2n) is 7.77. The second kappa shape index (κ2) is 3.96. The summed E-state index contributed by atoms with van der Waals surface area (Å²) < 4.78 is 6.35. The second-order valence-corrected chi connectivity index (χ2v) is 7.77. The van der Waals surface area contributed by atoms with Crippen molar-refractivity contribution in [3.05, 3.63) is 28.8 Å². The minimum atomic E-state index is -0.792. The zero-order chi connectivity index (χ0) is 16.0. The van der Waals surface area contributed by atoms with Crippen molar-refractivity contribution in [3.8, 4) is 11.8 Å². The van der Waals surface area contributed by atoms with Gasteiger partial charge in [0, 0.05) is 18.0 Å². The van der Waals surface area contributed by atoms with Gasteiger partial charge >= 0.3 is 0 Å². The van der Waals surface area contributed by atoms with E-state index in [1.165, 1.54) is 11.1 Å². The zero-order valence-electron chi connectivity index (χ0n) is 13.6. The first-order chi connectivity index (χ1) is 11.0. The summed E-state index contributed by atoms with van der Waals surface area (Å²) in [6.45, 7) is 2.98. The fraction of sp³-hybridized carbons (Fsp3) is 0.579. The maximum Gasteiger partial charge on any atom is 0.177 e. The number of ketones is 1. The predicted molar refractivity (Wildman–Crippen MR) is 84.3 cm³/mol. The summed E-state index contributed by atoms with van der Waals surface area (Å²) in [5.74, 6) is 1.37. The molecule has 1 saturated carbocycles. The minimum Gasteiger partial charge on any atom is -0.477 e. The molecule has 1 saturated heterocycles. The number of hydrogen-bond donors (Lipinski definition) is 0. The molecule has 1 spiro atoms. The molecule has 2 heterocycles. The molecule has 2 bridgehead atoms. The van der Waals surface area contributed by atoms with Crippen LogP contribution in [0.5, 0.6) is 5.75 Å². The molecule has 5 rings (SSSR count). The lowest BCUT2D eigenvalue weighted by Crippen LogP contribution is -2.70. The Kier molecular flexibility index (Phi) is 2.34. The van der Waals surface area contributed by atoms with Crippen LogP contribution in [0.15, 0.2) is 12.1 Å². The Morgan fingerprint density at radius 2 is 2.26 bits per heavy atom. The summed E-state index contributed by atoms with van der Waals surface area (Å²) >= 11 is 0. The van der Waals surface area contributed by atoms with Gasteiger partial charge in [-0.3, -0.25) is 4.79 Å². The number of likely N-dealkylation sites (tertiary alicyclic amines) is 1. The van der Waals surface area contributed by atoms with E-state index in [1.54, 1.807) is 0 Å². The monoisotopic (exact) mass is 308 g/mol. The summed E-state index contributed by atoms with van der Waals surface area (Å²) in [5.41, 5.74) is 2.04. The molecular formula is C19H20N2O2. The molecule has 4 nitrogen and oxygen atoms in total. The maximum absolute atomic E-state index is 12.9. The van der Waals surface area contributed by atoms with Gasteiger partial charge in [0.2, 0.25) is 0 Å². The fourth-order valence-electron chi connectivity index (χ4n) is 6.05. The predicted octanol–water partition coefficient (Wildman–Crippen LogP) is 2.19. The largest absolute Gasteiger partial charge is 0.477 e. The van der Waals surface area contributed by atoms with Crippen molar-refractivity contribution in [2.24, 2.45) is 5.92 Å². The number of benzene rings is 1. The van der Waals surface area contributed by atoms with Gasteiger partial charge in [-0.05, 0) is 57.3 Å². The smallest absolute Gasteiger partial charge is 0.177 e. The molecule has 1 unspecified atom stereocenters. The molecule has 2 aliphatic heterocycles. The number of likely N-dealkylation sites (N-methyl/N-ethyl adjacent to an activating group) is 1. The lowest BCUT2D eigenvalue weighted by molar-refractivity contribution is -0.153. The van der Waals surface area contributed by atoms with E-state index in [-0.39, 0.29) is 11.2 Å². The highest BCUT2D eigenvalue weighted by molar-refractivity contribution is 5.93. The molecule has 2 fully saturated rings. The van der Waals surface area contributed by atoms with Crippen LogP contribution in [0.2, 0.25) is 0 Å². The SMILES string of the molecule is CN1CC[C@]23c4c5ccc(C#N)c4OC2(C)C(=O)CC[C@H]3[C@H]1C5. The number of nitrogens with zero attached hydrogens (tertiary/aromatic N) is 2. The van der Waals surface area contributed by atoms with E-state index < -0.39 is 5.60 Å². The number of piperidine rings is 1. The molecule has 0 radical (unpaired) electrons. The Balaban J connectivity index is 1.88. The van der Waals surface area contributed by atoms with E-state index in [4.69, 9.17) is 4.74 Å². The minimum absolute atomic E-state index is 0.213. The van der Waals surface area contributed by atoms with Gasteiger partial charge in [-0.2, -0.15) is 5.26 Å². The van der Waals surface area contributed by atoms with Crippen LogP contribution in [0.1, 0.15) is 42.9 Å². The molecule has 4 heteroatoms. The quantitative estimate of drug-likeness (QED) is 0.737. The Morgan fingerprint density at radius 1 is 1.43 bits per heavy atom. The molecule has 1 aromatic rings. The number of carbonyl (C=O) groups excluding carboxylic acids is 1. The molecule has 4 atom stereocenters. The van der Waals surface area contributed by atoms with E-state index in [0.29, 0.717) is 29.7 Å². The lowest BCUT2D eigenvalue weighted by atomic mass is 9.47. The van der Waals surface area contributed by atoms with Crippen LogP contribution in [-0.2, 0) is 16.6 Å². The van der Waals surface area contributed by atoms with Gasteiger partial charge in [0.25, 0.3) is 0 Å². The Labute approximate surface area is 136 Å². The van der Waals surface area contributed by atoms with Crippen LogP contribution in [0.4, 0.5) is 0 Å². The number of carbonyl (C=O) groups is 1. The molecule has 0 amide bonds. The highest BCUT2D eigenvalue weighted by Crippen LogP contribution is 2.65. The van der Waals surface area contributed by atoms with Crippen LogP contribution in [0.25, 0.3) is 0 Å². The van der Waals surface area contributed by atoms with E-state index >= 15 is 0 Å². The summed E-state index contributed by atoms with van der Waals surface area (Å²) in [5, 5.41) is 9.50. The number of ether oxygens (including phenoxy) is 1. The average molecular weight is 308 g/mol. The van der Waals surface area contributed by atoms with Crippen molar-refractivity contribution in [2.75, 3.05) is 13.6 Å². The van der Waals surface area contributed by atoms with Gasteiger partial charge in [0.15, 0.2) is 11.4 Å². The first-order valence-electron chi connectivity index (χ1n) is 8.52. The number of nitriles is 1. The van der Waals surface area contributed by atoms with Crippen LogP contribution in [0.3, 0.4) is 0 Å². The van der Waals surface area contributed by atoms with Gasteiger partial charge < -0.3 is 9.64 Å². The highest BCUT2D eigenvalue weighted by atomic mass is 16.5. The highest BCUT2D eigenvalue weighted by Gasteiger charge is 2.71. The van der Waals surface area contributed by atoms with Gasteiger partial charge in [-0.15, -0.1) is 0 Å². The van der Waals surface area contributed by atoms with E-state index in [9.17, 15) is 10.1 Å². The number of hydrogen-bond acceptors (Lipinski definition) is 4. The molecule has 118 valence electrons. The molecule has 0 N–H and O–H groups in total. The van der Waals surface area contributed by atoms with E-state index in [0.717, 1.165) is 25.8 Å². The van der Waals surface area contributed by atoms with E-state index in [1.807, 2.05) is 13.0 Å². The van der Waals surface area contributed by atoms with Gasteiger partial charge in [-0.25, -0.2) is 0 Å². The van der Waals surface area contributed by atoms with Crippen molar-refractivity contribution in [3.63, 3.8) is 0 Å². The Hall–Kier alpha value is -1.86. The van der Waals surface area contributed by atoms with Crippen LogP contribution in [0, 0.1) is 17.2 Å². The molecular weight excluding hydrogens is 288 g/mol. The number of rotatable bonds is 0. The van der Waals surface area contributed by atoms with Crippen LogP contribution >= 0.6 is 0 Å². The molecule has 1 aromatic carbocycles. The topological polar surface area (TPSA) is 53.3 Å². The fourth-order valence-corrected chi connectivity index (χ4v) is 6.05. The molecule has 0 aromatic heterocycles. The van der Waals surface area contributed by atoms with E-state index in [2.05, 4.69) is 24.1 Å². The third-order valence-electron chi connectivity index (χ3n) is 7.13. The third kappa shape index (κ3) is 1.27. The normalized spacial score (nSPS) is 40.3. The van der Waals surface area contributed by atoms with Crippen molar-refractivity contribution in [2.45, 2.75) is 49.7 Å². The average Bonchev–Trinajstić information content (AvgIpc) is 2.82. The summed E-state index contributed by atoms with van der Waals surface area (Å²) in [6, 6.07) is 6.71. The van der Waals surface area contributed by atoms with Crippen molar-refractivity contribution < 1.29 is 9.53 Å². The summed E-state index contributed by atoms with van der Waals surface area (Å²) in [6.07, 6.45) is 3.49. The van der Waals surface area contributed by atoms with Gasteiger partial charge in [0.1, 0.15) is 11.8 Å². The van der Waals surface area contributed by atoms with Crippen LogP contribution in [-0.4, -0.2) is 35.9 Å². The van der Waals surface area contributed by atoms with Gasteiger partial charge in [-0.1, -0.05) is 6.07 Å². The number of Topliss-reactive ketones (excluding diaryl/α,β-unsaturated/α-hetero) is 1. The molecule has 4 aliphatic rings. The van der Waals surface area contributed by atoms with Crippen molar-refractivity contribution in [1.29, 1.82) is 5.26 Å². The van der Waals surface area contributed by atoms with Crippen LogP contribution < -0.4 is 4.74 Å². The van der Waals surface area contributed by atoms with Crippen molar-refractivity contribution >= 4 is 5.78 Å². The summed E-state index contributed by atoms with van der Waals surface area (Å²) in [4.78, 5) is 15.4. The molecule has 23 heavy (non-hydrogen) atoms.